The molecule has 9 heteroatoms. The molecule has 154 valence electrons. The highest BCUT2D eigenvalue weighted by Crippen LogP contribution is 2.30. The monoisotopic (exact) mass is 430 g/mol. The van der Waals surface area contributed by atoms with Gasteiger partial charge in [-0.2, -0.15) is 9.61 Å². The number of amides is 3. The summed E-state index contributed by atoms with van der Waals surface area (Å²) < 4.78 is 1.70. The van der Waals surface area contributed by atoms with Gasteiger partial charge in [-0.15, -0.1) is 11.3 Å². The van der Waals surface area contributed by atoms with Crippen molar-refractivity contribution in [1.29, 1.82) is 0 Å². The average Bonchev–Trinajstić information content (AvgIpc) is 3.46. The molecule has 3 N–H and O–H groups in total. The van der Waals surface area contributed by atoms with Gasteiger partial charge in [-0.3, -0.25) is 10.1 Å². The Kier molecular flexibility index (Phi) is 4.72. The molecule has 3 aromatic heterocycles. The molecular formula is C22H18N6O2S. The van der Waals surface area contributed by atoms with Gasteiger partial charge < -0.3 is 10.6 Å². The van der Waals surface area contributed by atoms with Crippen LogP contribution in [0.5, 0.6) is 0 Å². The number of aromatic nitrogens is 3. The molecule has 31 heavy (non-hydrogen) atoms. The molecule has 0 bridgehead atoms. The number of benzene rings is 1. The van der Waals surface area contributed by atoms with Crippen LogP contribution in [0.3, 0.4) is 0 Å². The van der Waals surface area contributed by atoms with Gasteiger partial charge in [-0.05, 0) is 30.7 Å². The highest BCUT2D eigenvalue weighted by molar-refractivity contribution is 7.15. The van der Waals surface area contributed by atoms with Crippen LogP contribution in [0, 0.1) is 6.92 Å². The third-order valence-electron chi connectivity index (χ3n) is 4.83. The zero-order chi connectivity index (χ0) is 21.4. The van der Waals surface area contributed by atoms with E-state index in [0.29, 0.717) is 17.8 Å². The largest absolute Gasteiger partial charge is 0.366 e. The lowest BCUT2D eigenvalue weighted by molar-refractivity contribution is -0.115. The van der Waals surface area contributed by atoms with Crippen molar-refractivity contribution in [3.05, 3.63) is 76.4 Å². The van der Waals surface area contributed by atoms with Gasteiger partial charge in [0.25, 0.3) is 5.91 Å². The lowest BCUT2D eigenvalue weighted by atomic mass is 10.2. The highest BCUT2D eigenvalue weighted by Gasteiger charge is 2.24. The lowest BCUT2D eigenvalue weighted by Crippen LogP contribution is -2.22. The van der Waals surface area contributed by atoms with E-state index in [9.17, 15) is 9.59 Å². The molecule has 1 aromatic carbocycles. The molecular weight excluding hydrogens is 412 g/mol. The molecule has 5 rings (SSSR count). The molecule has 1 aliphatic rings. The Morgan fingerprint density at radius 2 is 1.97 bits per heavy atom. The minimum absolute atomic E-state index is 0.165. The number of fused-ring (bicyclic) bond motifs is 1. The summed E-state index contributed by atoms with van der Waals surface area (Å²) in [4.78, 5) is 30.4. The summed E-state index contributed by atoms with van der Waals surface area (Å²) >= 11 is 1.66. The summed E-state index contributed by atoms with van der Waals surface area (Å²) in [6.45, 7) is 2.68. The van der Waals surface area contributed by atoms with Crippen molar-refractivity contribution in [3.63, 3.8) is 0 Å². The number of thiophene rings is 1. The Hall–Kier alpha value is -3.98. The Morgan fingerprint density at radius 1 is 1.13 bits per heavy atom. The summed E-state index contributed by atoms with van der Waals surface area (Å²) in [6, 6.07) is 15.6. The fourth-order valence-electron chi connectivity index (χ4n) is 3.33. The van der Waals surface area contributed by atoms with E-state index in [0.717, 1.165) is 22.0 Å². The number of anilines is 1. The number of carbonyl (C=O) groups is 2. The van der Waals surface area contributed by atoms with Gasteiger partial charge in [0, 0.05) is 23.1 Å². The molecule has 0 aliphatic carbocycles. The van der Waals surface area contributed by atoms with Crippen molar-refractivity contribution in [2.24, 2.45) is 0 Å². The van der Waals surface area contributed by atoms with Gasteiger partial charge >= 0.3 is 6.03 Å². The van der Waals surface area contributed by atoms with Crippen molar-refractivity contribution in [1.82, 2.24) is 25.2 Å². The van der Waals surface area contributed by atoms with Crippen LogP contribution in [0.2, 0.25) is 0 Å². The predicted octanol–water partition coefficient (Wildman–Crippen LogP) is 3.56. The van der Waals surface area contributed by atoms with Crippen LogP contribution in [0.25, 0.3) is 22.3 Å². The maximum absolute atomic E-state index is 11.9. The predicted molar refractivity (Wildman–Crippen MR) is 119 cm³/mol. The van der Waals surface area contributed by atoms with Crippen LogP contribution in [0.15, 0.2) is 60.4 Å². The number of nitrogens with one attached hydrogen (secondary N) is 3. The standard InChI is InChI=1S/C22H18N6O2S/c1-13-7-8-18(31-13)16-10-19(23-11-14-5-3-2-4-6-14)28-20(25-16)15(12-24-28)9-17-21(29)27-22(30)26-17/h2-10,12,23H,11H2,1H3,(H2,26,27,29,30)/b17-9-. The van der Waals surface area contributed by atoms with Crippen LogP contribution in [-0.4, -0.2) is 26.5 Å². The molecule has 4 aromatic rings. The first kappa shape index (κ1) is 19.0. The van der Waals surface area contributed by atoms with Crippen molar-refractivity contribution < 1.29 is 9.59 Å². The van der Waals surface area contributed by atoms with Crippen LogP contribution >= 0.6 is 11.3 Å². The Morgan fingerprint density at radius 3 is 2.68 bits per heavy atom. The SMILES string of the molecule is Cc1ccc(-c2cc(NCc3ccccc3)n3ncc(/C=C4\NC(=O)NC4=O)c3n2)s1. The van der Waals surface area contributed by atoms with Gasteiger partial charge in [0.2, 0.25) is 0 Å². The number of urea groups is 1. The molecule has 4 heterocycles. The second-order valence-corrected chi connectivity index (χ2v) is 8.37. The van der Waals surface area contributed by atoms with E-state index in [1.807, 2.05) is 30.3 Å². The van der Waals surface area contributed by atoms with E-state index in [1.54, 1.807) is 28.1 Å². The number of hydrogen-bond donors (Lipinski definition) is 3. The fraction of sp³-hybridized carbons (Fsp3) is 0.0909. The van der Waals surface area contributed by atoms with Gasteiger partial charge in [0.15, 0.2) is 5.65 Å². The van der Waals surface area contributed by atoms with E-state index >= 15 is 0 Å². The average molecular weight is 430 g/mol. The third-order valence-corrected chi connectivity index (χ3v) is 5.85. The number of rotatable bonds is 5. The third kappa shape index (κ3) is 3.78. The van der Waals surface area contributed by atoms with Crippen LogP contribution < -0.4 is 16.0 Å². The molecule has 0 unspecified atom stereocenters. The Balaban J connectivity index is 1.59. The van der Waals surface area contributed by atoms with Gasteiger partial charge in [0.05, 0.1) is 16.8 Å². The second-order valence-electron chi connectivity index (χ2n) is 7.08. The van der Waals surface area contributed by atoms with E-state index in [2.05, 4.69) is 46.2 Å². The second kappa shape index (κ2) is 7.69. The molecule has 3 amide bonds. The summed E-state index contributed by atoms with van der Waals surface area (Å²) in [5.74, 6) is 0.302. The topological polar surface area (TPSA) is 100 Å². The summed E-state index contributed by atoms with van der Waals surface area (Å²) in [5, 5.41) is 12.6. The lowest BCUT2D eigenvalue weighted by Gasteiger charge is -2.10. The molecule has 1 aliphatic heterocycles. The minimum Gasteiger partial charge on any atom is -0.366 e. The minimum atomic E-state index is -0.541. The van der Waals surface area contributed by atoms with E-state index in [4.69, 9.17) is 4.98 Å². The smallest absolute Gasteiger partial charge is 0.326 e. The molecule has 0 saturated carbocycles. The number of imide groups is 1. The number of aryl methyl sites for hydroxylation is 1. The quantitative estimate of drug-likeness (QED) is 0.332. The number of carbonyl (C=O) groups excluding carboxylic acids is 2. The van der Waals surface area contributed by atoms with E-state index in [-0.39, 0.29) is 5.70 Å². The molecule has 1 fully saturated rings. The van der Waals surface area contributed by atoms with Crippen molar-refractivity contribution >= 4 is 40.8 Å². The summed E-state index contributed by atoms with van der Waals surface area (Å²) in [5.41, 5.74) is 3.32. The molecule has 0 radical (unpaired) electrons. The molecule has 8 nitrogen and oxygen atoms in total. The van der Waals surface area contributed by atoms with E-state index < -0.39 is 11.9 Å². The number of nitrogens with zero attached hydrogens (tertiary/aromatic N) is 3. The first-order chi connectivity index (χ1) is 15.1. The van der Waals surface area contributed by atoms with Crippen LogP contribution in [0.4, 0.5) is 10.6 Å². The van der Waals surface area contributed by atoms with Gasteiger partial charge in [-0.1, -0.05) is 30.3 Å². The Labute approximate surface area is 181 Å². The Bertz CT molecular complexity index is 1340. The van der Waals surface area contributed by atoms with Crippen molar-refractivity contribution in [2.45, 2.75) is 13.5 Å². The zero-order valence-corrected chi connectivity index (χ0v) is 17.4. The van der Waals surface area contributed by atoms with Crippen LogP contribution in [0.1, 0.15) is 16.0 Å². The van der Waals surface area contributed by atoms with Crippen molar-refractivity contribution in [2.75, 3.05) is 5.32 Å². The molecule has 1 saturated heterocycles. The first-order valence-electron chi connectivity index (χ1n) is 9.64. The molecule has 0 spiro atoms. The first-order valence-corrected chi connectivity index (χ1v) is 10.5. The molecule has 0 atom stereocenters. The van der Waals surface area contributed by atoms with Gasteiger partial charge in [-0.25, -0.2) is 9.78 Å². The maximum Gasteiger partial charge on any atom is 0.326 e. The highest BCUT2D eigenvalue weighted by atomic mass is 32.1. The van der Waals surface area contributed by atoms with Gasteiger partial charge in [0.1, 0.15) is 11.5 Å². The fourth-order valence-corrected chi connectivity index (χ4v) is 4.16. The summed E-state index contributed by atoms with van der Waals surface area (Å²) in [6.07, 6.45) is 3.21. The number of hydrogen-bond acceptors (Lipinski definition) is 6. The zero-order valence-electron chi connectivity index (χ0n) is 16.5. The maximum atomic E-state index is 11.9. The normalized spacial score (nSPS) is 14.8. The van der Waals surface area contributed by atoms with Crippen molar-refractivity contribution in [3.8, 4) is 10.6 Å². The van der Waals surface area contributed by atoms with E-state index in [1.165, 1.54) is 4.88 Å². The van der Waals surface area contributed by atoms with Crippen LogP contribution in [-0.2, 0) is 11.3 Å². The summed E-state index contributed by atoms with van der Waals surface area (Å²) in [7, 11) is 0.